The Morgan fingerprint density at radius 3 is 2.29 bits per heavy atom. The van der Waals surface area contributed by atoms with Crippen LogP contribution in [-0.4, -0.2) is 74.2 Å². The van der Waals surface area contributed by atoms with Crippen LogP contribution >= 0.6 is 11.6 Å². The molecule has 1 heterocycles. The molecule has 1 saturated heterocycles. The Labute approximate surface area is 167 Å². The van der Waals surface area contributed by atoms with Gasteiger partial charge in [0, 0.05) is 32.2 Å². The summed E-state index contributed by atoms with van der Waals surface area (Å²) >= 11 is 5.56. The standard InChI is InChI=1S/C17H23ClF3N3O3S/c1-12(2)22(3)11-16(25)23-6-8-24(9-7-23)28(26,27)13-4-5-15(18)14(10-13)17(19,20)21/h4-5,10,12H,6-9,11H2,1-3H3. The Hall–Kier alpha value is -1.36. The smallest absolute Gasteiger partial charge is 0.339 e. The van der Waals surface area contributed by atoms with Crippen LogP contribution < -0.4 is 0 Å². The second-order valence-electron chi connectivity index (χ2n) is 6.93. The molecule has 1 fully saturated rings. The molecule has 158 valence electrons. The van der Waals surface area contributed by atoms with E-state index in [1.807, 2.05) is 25.8 Å². The molecule has 2 rings (SSSR count). The lowest BCUT2D eigenvalue weighted by atomic mass is 10.2. The molecule has 1 aliphatic heterocycles. The van der Waals surface area contributed by atoms with Crippen LogP contribution in [0.3, 0.4) is 0 Å². The largest absolute Gasteiger partial charge is 0.417 e. The van der Waals surface area contributed by atoms with Gasteiger partial charge < -0.3 is 4.90 Å². The van der Waals surface area contributed by atoms with Crippen molar-refractivity contribution in [2.45, 2.75) is 31.0 Å². The third-order valence-electron chi connectivity index (χ3n) is 4.74. The average Bonchev–Trinajstić information content (AvgIpc) is 2.60. The van der Waals surface area contributed by atoms with Gasteiger partial charge in [-0.25, -0.2) is 8.42 Å². The number of nitrogens with zero attached hydrogens (tertiary/aromatic N) is 3. The first-order valence-corrected chi connectivity index (χ1v) is 10.5. The number of amides is 1. The molecule has 1 aliphatic rings. The number of rotatable bonds is 5. The van der Waals surface area contributed by atoms with E-state index in [0.29, 0.717) is 6.07 Å². The molecule has 0 saturated carbocycles. The van der Waals surface area contributed by atoms with E-state index >= 15 is 0 Å². The van der Waals surface area contributed by atoms with Crippen LogP contribution in [0.25, 0.3) is 0 Å². The van der Waals surface area contributed by atoms with Gasteiger partial charge in [0.05, 0.1) is 22.0 Å². The van der Waals surface area contributed by atoms with Crippen LogP contribution in [0.1, 0.15) is 19.4 Å². The minimum absolute atomic E-state index is 0.0173. The predicted octanol–water partition coefficient (Wildman–Crippen LogP) is 2.53. The van der Waals surface area contributed by atoms with Gasteiger partial charge in [-0.05, 0) is 39.1 Å². The van der Waals surface area contributed by atoms with E-state index in [2.05, 4.69) is 0 Å². The van der Waals surface area contributed by atoms with Gasteiger partial charge in [-0.3, -0.25) is 9.69 Å². The van der Waals surface area contributed by atoms with Crippen LogP contribution in [0, 0.1) is 0 Å². The summed E-state index contributed by atoms with van der Waals surface area (Å²) in [4.78, 5) is 15.3. The van der Waals surface area contributed by atoms with Gasteiger partial charge in [-0.15, -0.1) is 0 Å². The maximum Gasteiger partial charge on any atom is 0.417 e. The van der Waals surface area contributed by atoms with Gasteiger partial charge in [0.1, 0.15) is 0 Å². The van der Waals surface area contributed by atoms with Crippen molar-refractivity contribution < 1.29 is 26.4 Å². The van der Waals surface area contributed by atoms with E-state index in [9.17, 15) is 26.4 Å². The van der Waals surface area contributed by atoms with Crippen LogP contribution in [0.4, 0.5) is 13.2 Å². The maximum absolute atomic E-state index is 13.0. The second-order valence-corrected chi connectivity index (χ2v) is 9.28. The lowest BCUT2D eigenvalue weighted by Gasteiger charge is -2.35. The van der Waals surface area contributed by atoms with Crippen molar-refractivity contribution >= 4 is 27.5 Å². The fourth-order valence-corrected chi connectivity index (χ4v) is 4.38. The van der Waals surface area contributed by atoms with Crippen LogP contribution in [0.5, 0.6) is 0 Å². The number of hydrogen-bond donors (Lipinski definition) is 0. The van der Waals surface area contributed by atoms with Crippen molar-refractivity contribution in [3.8, 4) is 0 Å². The highest BCUT2D eigenvalue weighted by Crippen LogP contribution is 2.36. The molecule has 28 heavy (non-hydrogen) atoms. The molecule has 1 aromatic rings. The summed E-state index contributed by atoms with van der Waals surface area (Å²) in [6.45, 7) is 4.54. The Balaban J connectivity index is 2.10. The van der Waals surface area contributed by atoms with Gasteiger partial charge in [-0.1, -0.05) is 11.6 Å². The van der Waals surface area contributed by atoms with Gasteiger partial charge >= 0.3 is 6.18 Å². The summed E-state index contributed by atoms with van der Waals surface area (Å²) in [5.41, 5.74) is -1.19. The summed E-state index contributed by atoms with van der Waals surface area (Å²) in [5, 5.41) is -0.559. The Bertz CT molecular complexity index is 823. The van der Waals surface area contributed by atoms with Crippen molar-refractivity contribution in [2.75, 3.05) is 39.8 Å². The van der Waals surface area contributed by atoms with E-state index < -0.39 is 31.7 Å². The van der Waals surface area contributed by atoms with E-state index in [1.165, 1.54) is 0 Å². The van der Waals surface area contributed by atoms with Gasteiger partial charge in [0.2, 0.25) is 15.9 Å². The number of sulfonamides is 1. The fraction of sp³-hybridized carbons (Fsp3) is 0.588. The summed E-state index contributed by atoms with van der Waals surface area (Å²) in [7, 11) is -2.30. The second kappa shape index (κ2) is 8.56. The Kier molecular flexibility index (Phi) is 7.01. The Morgan fingerprint density at radius 2 is 1.79 bits per heavy atom. The summed E-state index contributed by atoms with van der Waals surface area (Å²) in [5.74, 6) is -0.112. The van der Waals surface area contributed by atoms with Gasteiger partial charge in [0.15, 0.2) is 0 Å². The zero-order valence-corrected chi connectivity index (χ0v) is 17.4. The zero-order chi connectivity index (χ0) is 21.3. The van der Waals surface area contributed by atoms with E-state index in [1.54, 1.807) is 4.90 Å². The van der Waals surface area contributed by atoms with Crippen molar-refractivity contribution in [1.29, 1.82) is 0 Å². The van der Waals surface area contributed by atoms with Gasteiger partial charge in [0.25, 0.3) is 0 Å². The normalized spacial score (nSPS) is 16.8. The molecule has 0 aromatic heterocycles. The number of halogens is 4. The summed E-state index contributed by atoms with van der Waals surface area (Å²) in [6.07, 6.45) is -4.75. The third-order valence-corrected chi connectivity index (χ3v) is 6.96. The Morgan fingerprint density at radius 1 is 1.21 bits per heavy atom. The number of likely N-dealkylation sites (N-methyl/N-ethyl adjacent to an activating group) is 1. The molecule has 1 aromatic carbocycles. The highest BCUT2D eigenvalue weighted by molar-refractivity contribution is 7.89. The topological polar surface area (TPSA) is 60.9 Å². The fourth-order valence-electron chi connectivity index (χ4n) is 2.70. The first-order chi connectivity index (χ1) is 12.8. The predicted molar refractivity (Wildman–Crippen MR) is 99.6 cm³/mol. The molecule has 11 heteroatoms. The van der Waals surface area contributed by atoms with Gasteiger partial charge in [-0.2, -0.15) is 17.5 Å². The maximum atomic E-state index is 13.0. The summed E-state index contributed by atoms with van der Waals surface area (Å²) in [6, 6.07) is 2.73. The van der Waals surface area contributed by atoms with E-state index in [-0.39, 0.29) is 44.7 Å². The molecule has 1 amide bonds. The highest BCUT2D eigenvalue weighted by Gasteiger charge is 2.36. The van der Waals surface area contributed by atoms with Crippen molar-refractivity contribution in [3.63, 3.8) is 0 Å². The minimum Gasteiger partial charge on any atom is -0.339 e. The molecular weight excluding hydrogens is 419 g/mol. The minimum atomic E-state index is -4.75. The zero-order valence-electron chi connectivity index (χ0n) is 15.8. The molecule has 0 radical (unpaired) electrons. The van der Waals surface area contributed by atoms with E-state index in [4.69, 9.17) is 11.6 Å². The average molecular weight is 442 g/mol. The highest BCUT2D eigenvalue weighted by atomic mass is 35.5. The number of hydrogen-bond acceptors (Lipinski definition) is 4. The van der Waals surface area contributed by atoms with Crippen LogP contribution in [-0.2, 0) is 21.0 Å². The first kappa shape index (κ1) is 22.9. The SMILES string of the molecule is CC(C)N(C)CC(=O)N1CCN(S(=O)(=O)c2ccc(Cl)c(C(F)(F)F)c2)CC1. The van der Waals surface area contributed by atoms with E-state index in [0.717, 1.165) is 16.4 Å². The number of alkyl halides is 3. The molecular formula is C17H23ClF3N3O3S. The first-order valence-electron chi connectivity index (χ1n) is 8.69. The van der Waals surface area contributed by atoms with Crippen molar-refractivity contribution in [1.82, 2.24) is 14.1 Å². The number of benzene rings is 1. The number of carbonyl (C=O) groups excluding carboxylic acids is 1. The van der Waals surface area contributed by atoms with Crippen LogP contribution in [0.15, 0.2) is 23.1 Å². The number of piperazine rings is 1. The molecule has 0 bridgehead atoms. The summed E-state index contributed by atoms with van der Waals surface area (Å²) < 4.78 is 65.6. The lowest BCUT2D eigenvalue weighted by molar-refractivity contribution is -0.137. The number of carbonyl (C=O) groups is 1. The van der Waals surface area contributed by atoms with Crippen LogP contribution in [0.2, 0.25) is 5.02 Å². The monoisotopic (exact) mass is 441 g/mol. The molecule has 0 spiro atoms. The third kappa shape index (κ3) is 5.16. The molecule has 0 atom stereocenters. The molecule has 0 aliphatic carbocycles. The molecule has 0 unspecified atom stereocenters. The van der Waals surface area contributed by atoms with Crippen molar-refractivity contribution in [3.05, 3.63) is 28.8 Å². The quantitative estimate of drug-likeness (QED) is 0.704. The molecule has 0 N–H and O–H groups in total. The lowest BCUT2D eigenvalue weighted by Crippen LogP contribution is -2.52. The molecule has 6 nitrogen and oxygen atoms in total. The van der Waals surface area contributed by atoms with Crippen molar-refractivity contribution in [2.24, 2.45) is 0 Å².